The number of anilines is 3. The minimum Gasteiger partial charge on any atom is -0.310 e. The zero-order chi connectivity index (χ0) is 42.4. The largest absolute Gasteiger partial charge is 0.310 e. The summed E-state index contributed by atoms with van der Waals surface area (Å²) in [7, 11) is 0. The van der Waals surface area contributed by atoms with Gasteiger partial charge in [-0.05, 0) is 122 Å². The molecule has 1 heterocycles. The van der Waals surface area contributed by atoms with Crippen LogP contribution in [-0.4, -0.2) is 4.57 Å². The molecule has 0 bridgehead atoms. The van der Waals surface area contributed by atoms with Crippen molar-refractivity contribution in [1.82, 2.24) is 4.57 Å². The van der Waals surface area contributed by atoms with Gasteiger partial charge in [-0.1, -0.05) is 188 Å². The zero-order valence-corrected chi connectivity index (χ0v) is 35.3. The second-order valence-electron chi connectivity index (χ2n) is 16.9. The molecule has 302 valence electrons. The van der Waals surface area contributed by atoms with Gasteiger partial charge in [0.1, 0.15) is 0 Å². The van der Waals surface area contributed by atoms with Gasteiger partial charge in [0.2, 0.25) is 0 Å². The van der Waals surface area contributed by atoms with Gasteiger partial charge in [0.15, 0.2) is 0 Å². The maximum absolute atomic E-state index is 2.47. The Labute approximate surface area is 374 Å². The standard InChI is InChI=1S/C62H44N2/c1-5-17-43(18-6-1)44-29-34-50(35-30-44)63(51-36-31-45(32-37-51)48-33-40-60-57(41-48)55-26-15-16-28-59(55)64(60)49-23-11-4-12-24-49)52-38-39-54-53-25-13-14-27-56(53)62(58(54)42-52)61(46-19-7-2-8-20-46)47-21-9-3-10-22-47/h1-42,61-62H. The normalized spacial score (nSPS) is 13.0. The maximum Gasteiger partial charge on any atom is 0.0541 e. The van der Waals surface area contributed by atoms with Crippen LogP contribution < -0.4 is 4.90 Å². The van der Waals surface area contributed by atoms with E-state index in [4.69, 9.17) is 0 Å². The molecular weight excluding hydrogens is 773 g/mol. The van der Waals surface area contributed by atoms with Crippen LogP contribution in [0.25, 0.3) is 60.9 Å². The molecule has 1 aliphatic carbocycles. The summed E-state index contributed by atoms with van der Waals surface area (Å²) in [5.74, 6) is 0.264. The lowest BCUT2D eigenvalue weighted by Gasteiger charge is -2.29. The van der Waals surface area contributed by atoms with Crippen molar-refractivity contribution in [1.29, 1.82) is 0 Å². The summed E-state index contributed by atoms with van der Waals surface area (Å²) in [6.45, 7) is 0. The van der Waals surface area contributed by atoms with Gasteiger partial charge in [0.05, 0.1) is 11.0 Å². The van der Waals surface area contributed by atoms with Crippen molar-refractivity contribution >= 4 is 38.9 Å². The van der Waals surface area contributed by atoms with Crippen molar-refractivity contribution in [3.05, 3.63) is 277 Å². The molecule has 64 heavy (non-hydrogen) atoms. The number of hydrogen-bond donors (Lipinski definition) is 0. The molecule has 0 fully saturated rings. The Morgan fingerprint density at radius 1 is 0.328 bits per heavy atom. The minimum atomic E-state index is 0.128. The minimum absolute atomic E-state index is 0.128. The van der Waals surface area contributed by atoms with Crippen LogP contribution in [0, 0.1) is 0 Å². The number of rotatable bonds is 9. The Balaban J connectivity index is 0.985. The molecule has 11 aromatic rings. The maximum atomic E-state index is 2.47. The van der Waals surface area contributed by atoms with E-state index in [0.717, 1.165) is 17.1 Å². The fourth-order valence-corrected chi connectivity index (χ4v) is 10.3. The van der Waals surface area contributed by atoms with Crippen molar-refractivity contribution in [2.75, 3.05) is 4.90 Å². The average Bonchev–Trinajstić information content (AvgIpc) is 3.88. The fraction of sp³-hybridized carbons (Fsp3) is 0.0323. The third-order valence-electron chi connectivity index (χ3n) is 13.2. The first-order valence-electron chi connectivity index (χ1n) is 22.2. The monoisotopic (exact) mass is 816 g/mol. The molecule has 1 atom stereocenters. The van der Waals surface area contributed by atoms with E-state index < -0.39 is 0 Å². The molecule has 0 radical (unpaired) electrons. The summed E-state index contributed by atoms with van der Waals surface area (Å²) in [5.41, 5.74) is 19.7. The van der Waals surface area contributed by atoms with Gasteiger partial charge in [-0.15, -0.1) is 0 Å². The zero-order valence-electron chi connectivity index (χ0n) is 35.3. The highest BCUT2D eigenvalue weighted by atomic mass is 15.1. The van der Waals surface area contributed by atoms with Gasteiger partial charge in [-0.25, -0.2) is 0 Å². The molecule has 1 aliphatic rings. The van der Waals surface area contributed by atoms with E-state index >= 15 is 0 Å². The summed E-state index contributed by atoms with van der Waals surface area (Å²) in [6.07, 6.45) is 0. The first kappa shape index (κ1) is 37.6. The Hall–Kier alpha value is -8.20. The van der Waals surface area contributed by atoms with Crippen molar-refractivity contribution in [2.24, 2.45) is 0 Å². The molecule has 0 saturated heterocycles. The van der Waals surface area contributed by atoms with E-state index in [0.29, 0.717) is 0 Å². The van der Waals surface area contributed by atoms with E-state index in [1.165, 1.54) is 83.1 Å². The molecule has 12 rings (SSSR count). The van der Waals surface area contributed by atoms with Gasteiger partial charge >= 0.3 is 0 Å². The highest BCUT2D eigenvalue weighted by Crippen LogP contribution is 2.54. The second-order valence-corrected chi connectivity index (χ2v) is 16.9. The summed E-state index contributed by atoms with van der Waals surface area (Å²) in [5, 5.41) is 2.50. The van der Waals surface area contributed by atoms with Crippen molar-refractivity contribution in [3.63, 3.8) is 0 Å². The molecule has 10 aromatic carbocycles. The molecule has 0 saturated carbocycles. The number of hydrogen-bond acceptors (Lipinski definition) is 1. The predicted molar refractivity (Wildman–Crippen MR) is 268 cm³/mol. The van der Waals surface area contributed by atoms with Crippen LogP contribution in [0.2, 0.25) is 0 Å². The van der Waals surface area contributed by atoms with Crippen LogP contribution in [-0.2, 0) is 0 Å². The van der Waals surface area contributed by atoms with E-state index in [2.05, 4.69) is 264 Å². The lowest BCUT2D eigenvalue weighted by molar-refractivity contribution is 0.708. The Bertz CT molecular complexity index is 3370. The Morgan fingerprint density at radius 2 is 0.812 bits per heavy atom. The topological polar surface area (TPSA) is 8.17 Å². The number of para-hydroxylation sites is 2. The molecule has 0 N–H and O–H groups in total. The van der Waals surface area contributed by atoms with Crippen LogP contribution in [0.5, 0.6) is 0 Å². The summed E-state index contributed by atoms with van der Waals surface area (Å²) >= 11 is 0. The number of fused-ring (bicyclic) bond motifs is 6. The van der Waals surface area contributed by atoms with Crippen molar-refractivity contribution < 1.29 is 0 Å². The lowest BCUT2D eigenvalue weighted by atomic mass is 9.76. The Morgan fingerprint density at radius 3 is 1.48 bits per heavy atom. The summed E-state index contributed by atoms with van der Waals surface area (Å²) < 4.78 is 2.38. The van der Waals surface area contributed by atoms with Crippen LogP contribution in [0.1, 0.15) is 34.1 Å². The van der Waals surface area contributed by atoms with E-state index in [-0.39, 0.29) is 11.8 Å². The Kier molecular flexibility index (Phi) is 9.34. The molecule has 1 unspecified atom stereocenters. The first-order chi connectivity index (χ1) is 31.8. The number of nitrogens with zero attached hydrogens (tertiary/aromatic N) is 2. The van der Waals surface area contributed by atoms with Gasteiger partial charge < -0.3 is 9.47 Å². The predicted octanol–water partition coefficient (Wildman–Crippen LogP) is 16.5. The summed E-state index contributed by atoms with van der Waals surface area (Å²) in [6, 6.07) is 93.4. The van der Waals surface area contributed by atoms with Gasteiger partial charge in [0, 0.05) is 45.4 Å². The molecular formula is C62H44N2. The number of benzene rings is 10. The SMILES string of the molecule is c1ccc(-c2ccc(N(c3ccc(-c4ccc5c(c4)c4ccccc4n5-c4ccccc4)cc3)c3ccc4c(c3)C(C(c3ccccc3)c3ccccc3)c3ccccc3-4)cc2)cc1. The first-order valence-corrected chi connectivity index (χ1v) is 22.2. The summed E-state index contributed by atoms with van der Waals surface area (Å²) in [4.78, 5) is 2.43. The molecule has 1 aromatic heterocycles. The van der Waals surface area contributed by atoms with Crippen LogP contribution >= 0.6 is 0 Å². The average molecular weight is 817 g/mol. The van der Waals surface area contributed by atoms with E-state index in [1.807, 2.05) is 0 Å². The quantitative estimate of drug-likeness (QED) is 0.141. The van der Waals surface area contributed by atoms with Crippen LogP contribution in [0.3, 0.4) is 0 Å². The highest BCUT2D eigenvalue weighted by Gasteiger charge is 2.36. The smallest absolute Gasteiger partial charge is 0.0541 e. The highest BCUT2D eigenvalue weighted by molar-refractivity contribution is 6.10. The molecule has 0 spiro atoms. The molecule has 0 amide bonds. The van der Waals surface area contributed by atoms with Crippen molar-refractivity contribution in [2.45, 2.75) is 11.8 Å². The van der Waals surface area contributed by atoms with E-state index in [9.17, 15) is 0 Å². The van der Waals surface area contributed by atoms with Crippen molar-refractivity contribution in [3.8, 4) is 39.1 Å². The third kappa shape index (κ3) is 6.51. The van der Waals surface area contributed by atoms with Crippen LogP contribution in [0.15, 0.2) is 255 Å². The van der Waals surface area contributed by atoms with Crippen LogP contribution in [0.4, 0.5) is 17.1 Å². The fourth-order valence-electron chi connectivity index (χ4n) is 10.3. The molecule has 2 nitrogen and oxygen atoms in total. The third-order valence-corrected chi connectivity index (χ3v) is 13.2. The van der Waals surface area contributed by atoms with Gasteiger partial charge in [-0.2, -0.15) is 0 Å². The van der Waals surface area contributed by atoms with Gasteiger partial charge in [0.25, 0.3) is 0 Å². The lowest BCUT2D eigenvalue weighted by Crippen LogP contribution is -2.14. The van der Waals surface area contributed by atoms with E-state index in [1.54, 1.807) is 0 Å². The molecule has 0 aliphatic heterocycles. The van der Waals surface area contributed by atoms with Gasteiger partial charge in [-0.3, -0.25) is 0 Å². The second kappa shape index (κ2) is 15.9. The molecule has 2 heteroatoms. The number of aromatic nitrogens is 1.